The first-order valence-electron chi connectivity index (χ1n) is 8.61. The molecule has 0 saturated heterocycles. The molecule has 0 atom stereocenters. The SMILES string of the molecule is Cc1cccc(OCc2nc(SCC(=O)Nc3cccc(C)c3C)n[nH]2)c1. The lowest BCUT2D eigenvalue weighted by molar-refractivity contribution is -0.113. The number of rotatable bonds is 7. The summed E-state index contributed by atoms with van der Waals surface area (Å²) in [6.07, 6.45) is 0. The van der Waals surface area contributed by atoms with Crippen LogP contribution in [-0.2, 0) is 11.4 Å². The Balaban J connectivity index is 1.49. The van der Waals surface area contributed by atoms with Gasteiger partial charge in [0.05, 0.1) is 5.75 Å². The van der Waals surface area contributed by atoms with Crippen LogP contribution >= 0.6 is 11.8 Å². The Kier molecular flexibility index (Phi) is 6.13. The fourth-order valence-electron chi connectivity index (χ4n) is 2.47. The standard InChI is InChI=1S/C20H22N4O2S/c1-13-6-4-8-16(10-13)26-11-18-22-20(24-23-18)27-12-19(25)21-17-9-5-7-14(2)15(17)3/h4-10H,11-12H2,1-3H3,(H,21,25)(H,22,23,24). The molecule has 140 valence electrons. The van der Waals surface area contributed by atoms with Crippen molar-refractivity contribution in [3.05, 3.63) is 65.0 Å². The van der Waals surface area contributed by atoms with E-state index in [0.29, 0.717) is 17.6 Å². The second-order valence-corrected chi connectivity index (χ2v) is 7.20. The fourth-order valence-corrected chi connectivity index (χ4v) is 3.08. The van der Waals surface area contributed by atoms with Gasteiger partial charge in [-0.05, 0) is 55.7 Å². The van der Waals surface area contributed by atoms with Gasteiger partial charge in [-0.15, -0.1) is 5.10 Å². The normalized spacial score (nSPS) is 10.6. The van der Waals surface area contributed by atoms with Crippen LogP contribution in [0.3, 0.4) is 0 Å². The predicted octanol–water partition coefficient (Wildman–Crippen LogP) is 4.04. The van der Waals surface area contributed by atoms with Crippen LogP contribution in [0.25, 0.3) is 0 Å². The number of aromatic nitrogens is 3. The van der Waals surface area contributed by atoms with Crippen LogP contribution in [0.1, 0.15) is 22.5 Å². The Labute approximate surface area is 162 Å². The van der Waals surface area contributed by atoms with Gasteiger partial charge in [-0.25, -0.2) is 4.98 Å². The summed E-state index contributed by atoms with van der Waals surface area (Å²) in [7, 11) is 0. The monoisotopic (exact) mass is 382 g/mol. The van der Waals surface area contributed by atoms with Gasteiger partial charge in [0.2, 0.25) is 11.1 Å². The molecule has 0 radical (unpaired) electrons. The molecule has 1 amide bonds. The van der Waals surface area contributed by atoms with Gasteiger partial charge in [0.25, 0.3) is 0 Å². The number of nitrogens with zero attached hydrogens (tertiary/aromatic N) is 2. The highest BCUT2D eigenvalue weighted by Crippen LogP contribution is 2.19. The molecule has 6 nitrogen and oxygen atoms in total. The first kappa shape index (κ1) is 19.0. The summed E-state index contributed by atoms with van der Waals surface area (Å²) in [6.45, 7) is 6.33. The topological polar surface area (TPSA) is 79.9 Å². The van der Waals surface area contributed by atoms with Crippen LogP contribution in [0.5, 0.6) is 5.75 Å². The minimum atomic E-state index is -0.0870. The largest absolute Gasteiger partial charge is 0.486 e. The quantitative estimate of drug-likeness (QED) is 0.603. The van der Waals surface area contributed by atoms with Crippen molar-refractivity contribution in [2.75, 3.05) is 11.1 Å². The fraction of sp³-hybridized carbons (Fsp3) is 0.250. The van der Waals surface area contributed by atoms with E-state index in [2.05, 4.69) is 20.5 Å². The highest BCUT2D eigenvalue weighted by molar-refractivity contribution is 7.99. The molecule has 3 aromatic rings. The number of hydrogen-bond acceptors (Lipinski definition) is 5. The zero-order chi connectivity index (χ0) is 19.2. The first-order valence-corrected chi connectivity index (χ1v) is 9.59. The third-order valence-electron chi connectivity index (χ3n) is 4.09. The number of hydrogen-bond donors (Lipinski definition) is 2. The molecule has 1 heterocycles. The third-order valence-corrected chi connectivity index (χ3v) is 4.93. The summed E-state index contributed by atoms with van der Waals surface area (Å²) < 4.78 is 5.69. The van der Waals surface area contributed by atoms with E-state index in [4.69, 9.17) is 4.74 Å². The Morgan fingerprint density at radius 3 is 2.81 bits per heavy atom. The molecule has 0 bridgehead atoms. The first-order chi connectivity index (χ1) is 13.0. The summed E-state index contributed by atoms with van der Waals surface area (Å²) in [5, 5.41) is 10.4. The number of anilines is 1. The Hall–Kier alpha value is -2.80. The van der Waals surface area contributed by atoms with E-state index in [1.54, 1.807) is 0 Å². The van der Waals surface area contributed by atoms with Crippen molar-refractivity contribution in [2.24, 2.45) is 0 Å². The second kappa shape index (κ2) is 8.73. The van der Waals surface area contributed by atoms with Crippen LogP contribution in [0.15, 0.2) is 47.6 Å². The highest BCUT2D eigenvalue weighted by Gasteiger charge is 2.10. The molecule has 0 aliphatic heterocycles. The van der Waals surface area contributed by atoms with Crippen molar-refractivity contribution < 1.29 is 9.53 Å². The van der Waals surface area contributed by atoms with Gasteiger partial charge in [0, 0.05) is 5.69 Å². The lowest BCUT2D eigenvalue weighted by Gasteiger charge is -2.09. The minimum absolute atomic E-state index is 0.0870. The molecule has 27 heavy (non-hydrogen) atoms. The summed E-state index contributed by atoms with van der Waals surface area (Å²) in [5.74, 6) is 1.56. The lowest BCUT2D eigenvalue weighted by atomic mass is 10.1. The van der Waals surface area contributed by atoms with Crippen LogP contribution in [-0.4, -0.2) is 26.8 Å². The Bertz CT molecular complexity index is 939. The van der Waals surface area contributed by atoms with E-state index in [1.807, 2.05) is 63.2 Å². The summed E-state index contributed by atoms with van der Waals surface area (Å²) in [4.78, 5) is 16.5. The van der Waals surface area contributed by atoms with Crippen molar-refractivity contribution in [1.29, 1.82) is 0 Å². The average Bonchev–Trinajstić information content (AvgIpc) is 3.10. The number of benzene rings is 2. The summed E-state index contributed by atoms with van der Waals surface area (Å²) >= 11 is 1.28. The molecule has 0 fully saturated rings. The van der Waals surface area contributed by atoms with E-state index in [1.165, 1.54) is 11.8 Å². The number of ether oxygens (including phenoxy) is 1. The number of H-pyrrole nitrogens is 1. The number of nitrogens with one attached hydrogen (secondary N) is 2. The van der Waals surface area contributed by atoms with Crippen molar-refractivity contribution >= 4 is 23.4 Å². The maximum absolute atomic E-state index is 12.2. The molecule has 0 aliphatic carbocycles. The molecular formula is C20H22N4O2S. The van der Waals surface area contributed by atoms with Crippen LogP contribution < -0.4 is 10.1 Å². The van der Waals surface area contributed by atoms with Gasteiger partial charge in [-0.1, -0.05) is 36.0 Å². The van der Waals surface area contributed by atoms with E-state index in [9.17, 15) is 4.79 Å². The Morgan fingerprint density at radius 2 is 2.00 bits per heavy atom. The maximum Gasteiger partial charge on any atom is 0.234 e. The lowest BCUT2D eigenvalue weighted by Crippen LogP contribution is -2.15. The highest BCUT2D eigenvalue weighted by atomic mass is 32.2. The average molecular weight is 382 g/mol. The molecule has 0 aliphatic rings. The third kappa shape index (κ3) is 5.34. The van der Waals surface area contributed by atoms with Crippen LogP contribution in [0.2, 0.25) is 0 Å². The van der Waals surface area contributed by atoms with Crippen molar-refractivity contribution in [3.63, 3.8) is 0 Å². The van der Waals surface area contributed by atoms with Crippen molar-refractivity contribution in [1.82, 2.24) is 15.2 Å². The number of amides is 1. The molecule has 1 aromatic heterocycles. The van der Waals surface area contributed by atoms with Crippen LogP contribution in [0.4, 0.5) is 5.69 Å². The van der Waals surface area contributed by atoms with Gasteiger partial charge in [-0.3, -0.25) is 9.89 Å². The van der Waals surface area contributed by atoms with E-state index >= 15 is 0 Å². The van der Waals surface area contributed by atoms with Crippen molar-refractivity contribution in [2.45, 2.75) is 32.5 Å². The van der Waals surface area contributed by atoms with Gasteiger partial charge < -0.3 is 10.1 Å². The van der Waals surface area contributed by atoms with E-state index < -0.39 is 0 Å². The van der Waals surface area contributed by atoms with Gasteiger partial charge in [-0.2, -0.15) is 0 Å². The van der Waals surface area contributed by atoms with Gasteiger partial charge in [0.15, 0.2) is 5.82 Å². The molecule has 2 N–H and O–H groups in total. The molecule has 3 rings (SSSR count). The molecule has 7 heteroatoms. The van der Waals surface area contributed by atoms with E-state index in [-0.39, 0.29) is 11.7 Å². The minimum Gasteiger partial charge on any atom is -0.486 e. The molecule has 2 aromatic carbocycles. The van der Waals surface area contributed by atoms with Gasteiger partial charge >= 0.3 is 0 Å². The van der Waals surface area contributed by atoms with Crippen molar-refractivity contribution in [3.8, 4) is 5.75 Å². The molecular weight excluding hydrogens is 360 g/mol. The zero-order valence-electron chi connectivity index (χ0n) is 15.6. The smallest absolute Gasteiger partial charge is 0.234 e. The molecule has 0 unspecified atom stereocenters. The number of aryl methyl sites for hydroxylation is 2. The number of carbonyl (C=O) groups excluding carboxylic acids is 1. The number of thioether (sulfide) groups is 1. The molecule has 0 saturated carbocycles. The summed E-state index contributed by atoms with van der Waals surface area (Å²) in [5.41, 5.74) is 4.19. The Morgan fingerprint density at radius 1 is 1.19 bits per heavy atom. The van der Waals surface area contributed by atoms with Gasteiger partial charge in [0.1, 0.15) is 12.4 Å². The zero-order valence-corrected chi connectivity index (χ0v) is 16.4. The maximum atomic E-state index is 12.2. The molecule has 0 spiro atoms. The summed E-state index contributed by atoms with van der Waals surface area (Å²) in [6, 6.07) is 13.7. The van der Waals surface area contributed by atoms with E-state index in [0.717, 1.165) is 28.1 Å². The predicted molar refractivity (Wildman–Crippen MR) is 107 cm³/mol. The number of carbonyl (C=O) groups is 1. The second-order valence-electron chi connectivity index (χ2n) is 6.25. The van der Waals surface area contributed by atoms with Crippen LogP contribution in [0, 0.1) is 20.8 Å². The number of aromatic amines is 1.